The van der Waals surface area contributed by atoms with Crippen LogP contribution in [0.4, 0.5) is 0 Å². The highest BCUT2D eigenvalue weighted by Crippen LogP contribution is 2.16. The Morgan fingerprint density at radius 3 is 1.12 bits per heavy atom. The maximum Gasteiger partial charge on any atom is 0.306 e. The van der Waals surface area contributed by atoms with Crippen LogP contribution in [-0.2, 0) is 28.6 Å². The van der Waals surface area contributed by atoms with Crippen LogP contribution in [0.5, 0.6) is 0 Å². The summed E-state index contributed by atoms with van der Waals surface area (Å²) in [5, 5.41) is 0. The zero-order chi connectivity index (χ0) is 49.3. The van der Waals surface area contributed by atoms with Crippen molar-refractivity contribution < 1.29 is 28.6 Å². The molecule has 0 radical (unpaired) electrons. The molecule has 0 aromatic heterocycles. The van der Waals surface area contributed by atoms with Gasteiger partial charge in [0.1, 0.15) is 13.2 Å². The second kappa shape index (κ2) is 55.7. The average molecular weight is 943 g/mol. The molecule has 386 valence electrons. The van der Waals surface area contributed by atoms with Crippen molar-refractivity contribution in [3.63, 3.8) is 0 Å². The van der Waals surface area contributed by atoms with Gasteiger partial charge in [0, 0.05) is 19.3 Å². The smallest absolute Gasteiger partial charge is 0.306 e. The van der Waals surface area contributed by atoms with Crippen LogP contribution in [0, 0.1) is 0 Å². The van der Waals surface area contributed by atoms with Gasteiger partial charge in [-0.3, -0.25) is 14.4 Å². The quantitative estimate of drug-likeness (QED) is 0.0199. The fraction of sp³-hybridized carbons (Fsp3) is 0.661. The van der Waals surface area contributed by atoms with Crippen LogP contribution in [0.15, 0.2) is 109 Å². The molecular formula is C62H102O6. The summed E-state index contributed by atoms with van der Waals surface area (Å²) < 4.78 is 16.8. The van der Waals surface area contributed by atoms with Gasteiger partial charge in [-0.15, -0.1) is 0 Å². The molecule has 0 N–H and O–H groups in total. The summed E-state index contributed by atoms with van der Waals surface area (Å²) in [6.45, 7) is 6.32. The lowest BCUT2D eigenvalue weighted by atomic mass is 10.0. The summed E-state index contributed by atoms with van der Waals surface area (Å²) in [4.78, 5) is 38.1. The first-order valence-corrected chi connectivity index (χ1v) is 28.0. The number of carbonyl (C=O) groups excluding carboxylic acids is 3. The standard InChI is InChI=1S/C62H102O6/c1-4-7-10-13-16-19-22-25-27-29-31-33-34-37-40-43-46-49-52-55-61(64)67-58-59(57-66-60(63)54-51-48-45-42-39-36-24-21-18-15-12-9-6-3)68-62(65)56-53-50-47-44-41-38-35-32-30-28-26-23-20-17-14-11-8-5-2/h7,9-10,12,15-16,18-19,21,24-25,27,31,33,36,39,42,45,59H,4-6,8,11,13-14,17,20,22-23,26,28-30,32,34-35,37-38,40-41,43-44,46-58H2,1-3H3/b10-7-,12-9-,18-15-,19-16-,24-21-,27-25-,33-31-,39-36-,45-42-. The summed E-state index contributed by atoms with van der Waals surface area (Å²) in [7, 11) is 0. The van der Waals surface area contributed by atoms with Crippen molar-refractivity contribution in [1.82, 2.24) is 0 Å². The van der Waals surface area contributed by atoms with Crippen molar-refractivity contribution in [2.75, 3.05) is 13.2 Å². The van der Waals surface area contributed by atoms with Crippen molar-refractivity contribution in [1.29, 1.82) is 0 Å². The van der Waals surface area contributed by atoms with Crippen molar-refractivity contribution in [3.05, 3.63) is 109 Å². The lowest BCUT2D eigenvalue weighted by molar-refractivity contribution is -0.167. The Kier molecular flexibility index (Phi) is 52.4. The Bertz CT molecular complexity index is 1410. The van der Waals surface area contributed by atoms with Crippen LogP contribution in [-0.4, -0.2) is 37.2 Å². The zero-order valence-electron chi connectivity index (χ0n) is 44.1. The van der Waals surface area contributed by atoms with Crippen LogP contribution in [0.1, 0.15) is 245 Å². The topological polar surface area (TPSA) is 78.9 Å². The number of ether oxygens (including phenoxy) is 3. The highest BCUT2D eigenvalue weighted by Gasteiger charge is 2.19. The molecule has 6 heteroatoms. The number of hydrogen-bond acceptors (Lipinski definition) is 6. The molecule has 0 heterocycles. The molecule has 6 nitrogen and oxygen atoms in total. The second-order valence-corrected chi connectivity index (χ2v) is 18.2. The Morgan fingerprint density at radius 1 is 0.324 bits per heavy atom. The average Bonchev–Trinajstić information content (AvgIpc) is 3.34. The van der Waals surface area contributed by atoms with E-state index in [9.17, 15) is 14.4 Å². The van der Waals surface area contributed by atoms with Gasteiger partial charge in [0.2, 0.25) is 0 Å². The van der Waals surface area contributed by atoms with Crippen LogP contribution in [0.3, 0.4) is 0 Å². The van der Waals surface area contributed by atoms with E-state index >= 15 is 0 Å². The lowest BCUT2D eigenvalue weighted by Crippen LogP contribution is -2.30. The largest absolute Gasteiger partial charge is 0.462 e. The van der Waals surface area contributed by atoms with E-state index in [1.807, 2.05) is 54.7 Å². The van der Waals surface area contributed by atoms with Gasteiger partial charge >= 0.3 is 17.9 Å². The number of carbonyl (C=O) groups is 3. The maximum absolute atomic E-state index is 12.8. The molecule has 0 aromatic rings. The lowest BCUT2D eigenvalue weighted by Gasteiger charge is -2.18. The predicted molar refractivity (Wildman–Crippen MR) is 293 cm³/mol. The number of unbranched alkanes of at least 4 members (excludes halogenated alkanes) is 24. The molecule has 0 aliphatic rings. The van der Waals surface area contributed by atoms with Crippen molar-refractivity contribution in [3.8, 4) is 0 Å². The van der Waals surface area contributed by atoms with E-state index < -0.39 is 6.10 Å². The van der Waals surface area contributed by atoms with E-state index in [-0.39, 0.29) is 37.5 Å². The minimum Gasteiger partial charge on any atom is -0.462 e. The molecule has 0 aromatic carbocycles. The maximum atomic E-state index is 12.8. The SMILES string of the molecule is CC\C=C/C=C\C=C/C=C\C=C/CCCC(=O)OCC(COC(=O)CCCCCCCC/C=C\C/C=C\C/C=C\C/C=C\CC)OC(=O)CCCCCCCCCCCCCCCCCCCC. The molecule has 0 spiro atoms. The van der Waals surface area contributed by atoms with Crippen LogP contribution < -0.4 is 0 Å². The fourth-order valence-electron chi connectivity index (χ4n) is 7.52. The van der Waals surface area contributed by atoms with Gasteiger partial charge in [-0.25, -0.2) is 0 Å². The van der Waals surface area contributed by atoms with Crippen molar-refractivity contribution >= 4 is 17.9 Å². The molecule has 1 unspecified atom stereocenters. The van der Waals surface area contributed by atoms with Crippen molar-refractivity contribution in [2.45, 2.75) is 252 Å². The normalized spacial score (nSPS) is 12.9. The van der Waals surface area contributed by atoms with Gasteiger partial charge in [-0.05, 0) is 70.6 Å². The third-order valence-corrected chi connectivity index (χ3v) is 11.7. The second-order valence-electron chi connectivity index (χ2n) is 18.2. The minimum absolute atomic E-state index is 0.108. The molecular weight excluding hydrogens is 841 g/mol. The number of esters is 3. The van der Waals surface area contributed by atoms with Crippen LogP contribution in [0.2, 0.25) is 0 Å². The number of hydrogen-bond donors (Lipinski definition) is 0. The molecule has 0 rings (SSSR count). The molecule has 0 bridgehead atoms. The minimum atomic E-state index is -0.813. The molecule has 0 saturated heterocycles. The number of allylic oxidation sites excluding steroid dienone is 18. The van der Waals surface area contributed by atoms with Crippen LogP contribution >= 0.6 is 0 Å². The Balaban J connectivity index is 4.46. The Labute approximate surface area is 419 Å². The molecule has 1 atom stereocenters. The summed E-state index contributed by atoms with van der Waals surface area (Å²) in [6.07, 6.45) is 75.2. The van der Waals surface area contributed by atoms with E-state index in [1.54, 1.807) is 0 Å². The highest BCUT2D eigenvalue weighted by atomic mass is 16.6. The van der Waals surface area contributed by atoms with Gasteiger partial charge < -0.3 is 14.2 Å². The van der Waals surface area contributed by atoms with E-state index in [2.05, 4.69) is 75.5 Å². The van der Waals surface area contributed by atoms with E-state index in [0.717, 1.165) is 89.9 Å². The first-order chi connectivity index (χ1) is 33.5. The number of rotatable bonds is 49. The summed E-state index contributed by atoms with van der Waals surface area (Å²) in [5.74, 6) is -0.995. The molecule has 0 saturated carbocycles. The van der Waals surface area contributed by atoms with Crippen LogP contribution in [0.25, 0.3) is 0 Å². The van der Waals surface area contributed by atoms with Gasteiger partial charge in [0.15, 0.2) is 6.10 Å². The summed E-state index contributed by atoms with van der Waals surface area (Å²) in [6, 6.07) is 0. The molecule has 0 aliphatic carbocycles. The third-order valence-electron chi connectivity index (χ3n) is 11.7. The van der Waals surface area contributed by atoms with Gasteiger partial charge in [0.05, 0.1) is 0 Å². The first-order valence-electron chi connectivity index (χ1n) is 28.0. The monoisotopic (exact) mass is 943 g/mol. The fourth-order valence-corrected chi connectivity index (χ4v) is 7.52. The third kappa shape index (κ3) is 53.0. The first kappa shape index (κ1) is 64.1. The molecule has 0 fully saturated rings. The van der Waals surface area contributed by atoms with Gasteiger partial charge in [-0.1, -0.05) is 265 Å². The van der Waals surface area contributed by atoms with Gasteiger partial charge in [-0.2, -0.15) is 0 Å². The Morgan fingerprint density at radius 2 is 0.662 bits per heavy atom. The van der Waals surface area contributed by atoms with Crippen molar-refractivity contribution in [2.24, 2.45) is 0 Å². The van der Waals surface area contributed by atoms with Gasteiger partial charge in [0.25, 0.3) is 0 Å². The van der Waals surface area contributed by atoms with E-state index in [0.29, 0.717) is 19.3 Å². The Hall–Kier alpha value is -3.93. The molecule has 0 amide bonds. The summed E-state index contributed by atoms with van der Waals surface area (Å²) in [5.41, 5.74) is 0. The molecule has 68 heavy (non-hydrogen) atoms. The highest BCUT2D eigenvalue weighted by molar-refractivity contribution is 5.71. The van der Waals surface area contributed by atoms with E-state index in [4.69, 9.17) is 14.2 Å². The zero-order valence-corrected chi connectivity index (χ0v) is 44.1. The summed E-state index contributed by atoms with van der Waals surface area (Å²) >= 11 is 0. The van der Waals surface area contributed by atoms with E-state index in [1.165, 1.54) is 109 Å². The molecule has 0 aliphatic heterocycles. The predicted octanol–water partition coefficient (Wildman–Crippen LogP) is 18.7.